The molecule has 2 heterocycles. The van der Waals surface area contributed by atoms with E-state index < -0.39 is 10.0 Å². The predicted octanol–water partition coefficient (Wildman–Crippen LogP) is 1.49. The zero-order chi connectivity index (χ0) is 17.4. The molecular weight excluding hydrogens is 326 g/mol. The van der Waals surface area contributed by atoms with Gasteiger partial charge in [-0.2, -0.15) is 0 Å². The van der Waals surface area contributed by atoms with Crippen molar-refractivity contribution < 1.29 is 13.2 Å². The lowest BCUT2D eigenvalue weighted by Crippen LogP contribution is -2.33. The summed E-state index contributed by atoms with van der Waals surface area (Å²) in [5.74, 6) is 0.254. The number of nitrogens with zero attached hydrogens (tertiary/aromatic N) is 3. The molecule has 132 valence electrons. The fourth-order valence-corrected chi connectivity index (χ4v) is 5.31. The van der Waals surface area contributed by atoms with Crippen LogP contribution in [-0.2, 0) is 21.4 Å². The quantitative estimate of drug-likeness (QED) is 0.779. The summed E-state index contributed by atoms with van der Waals surface area (Å²) in [6.45, 7) is 3.42. The van der Waals surface area contributed by atoms with Crippen LogP contribution in [0.2, 0.25) is 0 Å². The Balaban J connectivity index is 1.60. The van der Waals surface area contributed by atoms with E-state index in [9.17, 15) is 13.2 Å². The number of carbonyl (C=O) groups excluding carboxylic acids is 1. The maximum Gasteiger partial charge on any atom is 0.226 e. The number of amides is 1. The van der Waals surface area contributed by atoms with Crippen LogP contribution in [0.25, 0.3) is 0 Å². The van der Waals surface area contributed by atoms with Crippen molar-refractivity contribution >= 4 is 15.9 Å². The van der Waals surface area contributed by atoms with Crippen LogP contribution in [0.1, 0.15) is 31.9 Å². The van der Waals surface area contributed by atoms with Crippen molar-refractivity contribution in [2.75, 3.05) is 25.9 Å². The standard InChI is InChI=1S/C17H25N3O3S/c1-3-10-24(22,23)20-9-7-17(13-20)11-15(17)16(21)19(2)12-14-6-4-5-8-18-14/h4-6,8,15H,3,7,9-13H2,1-2H3. The third-order valence-corrected chi connectivity index (χ3v) is 7.22. The van der Waals surface area contributed by atoms with Crippen LogP contribution in [0, 0.1) is 11.3 Å². The summed E-state index contributed by atoms with van der Waals surface area (Å²) in [5.41, 5.74) is 0.734. The summed E-state index contributed by atoms with van der Waals surface area (Å²) in [4.78, 5) is 18.6. The lowest BCUT2D eigenvalue weighted by atomic mass is 10.0. The first-order valence-corrected chi connectivity index (χ1v) is 10.1. The Hall–Kier alpha value is -1.47. The SMILES string of the molecule is CCCS(=O)(=O)N1CCC2(CC2C(=O)N(C)Cc2ccccn2)C1. The Bertz CT molecular complexity index is 707. The number of aromatic nitrogens is 1. The van der Waals surface area contributed by atoms with Crippen LogP contribution in [-0.4, -0.2) is 54.4 Å². The summed E-state index contributed by atoms with van der Waals surface area (Å²) in [5, 5.41) is 0. The monoisotopic (exact) mass is 351 g/mol. The second-order valence-electron chi connectivity index (χ2n) is 7.03. The molecule has 1 spiro atoms. The van der Waals surface area contributed by atoms with E-state index in [2.05, 4.69) is 4.98 Å². The lowest BCUT2D eigenvalue weighted by Gasteiger charge is -2.19. The van der Waals surface area contributed by atoms with E-state index in [0.717, 1.165) is 18.5 Å². The Labute approximate surface area is 143 Å². The first-order valence-electron chi connectivity index (χ1n) is 8.51. The molecule has 1 amide bonds. The number of sulfonamides is 1. The van der Waals surface area contributed by atoms with Crippen LogP contribution in [0.4, 0.5) is 0 Å². The van der Waals surface area contributed by atoms with Gasteiger partial charge in [0.2, 0.25) is 15.9 Å². The number of rotatable bonds is 6. The second-order valence-corrected chi connectivity index (χ2v) is 9.12. The molecule has 1 aliphatic heterocycles. The third kappa shape index (κ3) is 3.32. The van der Waals surface area contributed by atoms with Crippen LogP contribution < -0.4 is 0 Å². The van der Waals surface area contributed by atoms with E-state index >= 15 is 0 Å². The molecule has 1 saturated heterocycles. The molecule has 24 heavy (non-hydrogen) atoms. The summed E-state index contributed by atoms with van der Waals surface area (Å²) in [6.07, 6.45) is 3.95. The van der Waals surface area contributed by atoms with Gasteiger partial charge in [0.15, 0.2) is 0 Å². The minimum absolute atomic E-state index is 0.0481. The molecule has 0 bridgehead atoms. The molecule has 7 heteroatoms. The Kier molecular flexibility index (Phi) is 4.66. The van der Waals surface area contributed by atoms with Gasteiger partial charge in [0.05, 0.1) is 18.0 Å². The van der Waals surface area contributed by atoms with E-state index in [0.29, 0.717) is 26.1 Å². The molecule has 6 nitrogen and oxygen atoms in total. The van der Waals surface area contributed by atoms with E-state index in [1.165, 1.54) is 0 Å². The van der Waals surface area contributed by atoms with Gasteiger partial charge in [0.1, 0.15) is 0 Å². The average Bonchev–Trinajstić information content (AvgIpc) is 3.06. The van der Waals surface area contributed by atoms with Crippen molar-refractivity contribution in [2.24, 2.45) is 11.3 Å². The first-order chi connectivity index (χ1) is 11.4. The summed E-state index contributed by atoms with van der Waals surface area (Å²) >= 11 is 0. The van der Waals surface area contributed by atoms with Gasteiger partial charge in [-0.15, -0.1) is 0 Å². The second kappa shape index (κ2) is 6.44. The van der Waals surface area contributed by atoms with Gasteiger partial charge in [-0.05, 0) is 36.8 Å². The molecule has 1 aromatic heterocycles. The molecule has 2 fully saturated rings. The molecular formula is C17H25N3O3S. The Morgan fingerprint density at radius 3 is 2.92 bits per heavy atom. The molecule has 2 atom stereocenters. The number of pyridine rings is 1. The average molecular weight is 351 g/mol. The fourth-order valence-electron chi connectivity index (χ4n) is 3.71. The highest BCUT2D eigenvalue weighted by Gasteiger charge is 2.62. The number of hydrogen-bond acceptors (Lipinski definition) is 4. The Morgan fingerprint density at radius 1 is 1.46 bits per heavy atom. The maximum atomic E-state index is 12.7. The summed E-state index contributed by atoms with van der Waals surface area (Å²) in [6, 6.07) is 5.67. The van der Waals surface area contributed by atoms with Crippen LogP contribution >= 0.6 is 0 Å². The van der Waals surface area contributed by atoms with Crippen LogP contribution in [0.5, 0.6) is 0 Å². The summed E-state index contributed by atoms with van der Waals surface area (Å²) in [7, 11) is -1.37. The minimum atomic E-state index is -3.16. The highest BCUT2D eigenvalue weighted by atomic mass is 32.2. The highest BCUT2D eigenvalue weighted by Crippen LogP contribution is 2.59. The Morgan fingerprint density at radius 2 is 2.25 bits per heavy atom. The van der Waals surface area contributed by atoms with Gasteiger partial charge in [-0.25, -0.2) is 12.7 Å². The van der Waals surface area contributed by atoms with Crippen molar-refractivity contribution in [1.82, 2.24) is 14.2 Å². The molecule has 2 unspecified atom stereocenters. The van der Waals surface area contributed by atoms with Crippen LogP contribution in [0.15, 0.2) is 24.4 Å². The van der Waals surface area contributed by atoms with E-state index in [1.807, 2.05) is 25.1 Å². The smallest absolute Gasteiger partial charge is 0.226 e. The zero-order valence-electron chi connectivity index (χ0n) is 14.3. The molecule has 3 rings (SSSR count). The summed E-state index contributed by atoms with van der Waals surface area (Å²) < 4.78 is 26.0. The number of carbonyl (C=O) groups is 1. The first kappa shape index (κ1) is 17.4. The predicted molar refractivity (Wildman–Crippen MR) is 91.5 cm³/mol. The van der Waals surface area contributed by atoms with Gasteiger partial charge >= 0.3 is 0 Å². The third-order valence-electron chi connectivity index (χ3n) is 5.20. The van der Waals surface area contributed by atoms with Crippen molar-refractivity contribution in [3.8, 4) is 0 Å². The topological polar surface area (TPSA) is 70.6 Å². The molecule has 1 aliphatic carbocycles. The zero-order valence-corrected chi connectivity index (χ0v) is 15.1. The molecule has 2 aliphatic rings. The highest BCUT2D eigenvalue weighted by molar-refractivity contribution is 7.89. The van der Waals surface area contributed by atoms with Crippen molar-refractivity contribution in [1.29, 1.82) is 0 Å². The van der Waals surface area contributed by atoms with E-state index in [4.69, 9.17) is 0 Å². The lowest BCUT2D eigenvalue weighted by molar-refractivity contribution is -0.132. The van der Waals surface area contributed by atoms with E-state index in [1.54, 1.807) is 22.4 Å². The van der Waals surface area contributed by atoms with Crippen molar-refractivity contribution in [3.05, 3.63) is 30.1 Å². The molecule has 1 aromatic rings. The largest absolute Gasteiger partial charge is 0.340 e. The molecule has 0 radical (unpaired) electrons. The van der Waals surface area contributed by atoms with Gasteiger partial charge in [-0.3, -0.25) is 9.78 Å². The van der Waals surface area contributed by atoms with Gasteiger partial charge in [0.25, 0.3) is 0 Å². The fraction of sp³-hybridized carbons (Fsp3) is 0.647. The normalized spacial score (nSPS) is 26.7. The van der Waals surface area contributed by atoms with Gasteiger partial charge < -0.3 is 4.90 Å². The molecule has 0 aromatic carbocycles. The molecule has 0 N–H and O–H groups in total. The molecule has 1 saturated carbocycles. The van der Waals surface area contributed by atoms with E-state index in [-0.39, 0.29) is 23.0 Å². The van der Waals surface area contributed by atoms with Gasteiger partial charge in [0, 0.05) is 32.3 Å². The minimum Gasteiger partial charge on any atom is -0.340 e. The van der Waals surface area contributed by atoms with Gasteiger partial charge in [-0.1, -0.05) is 13.0 Å². The van der Waals surface area contributed by atoms with Crippen molar-refractivity contribution in [2.45, 2.75) is 32.7 Å². The van der Waals surface area contributed by atoms with Crippen LogP contribution in [0.3, 0.4) is 0 Å². The van der Waals surface area contributed by atoms with Crippen molar-refractivity contribution in [3.63, 3.8) is 0 Å². The maximum absolute atomic E-state index is 12.7. The number of hydrogen-bond donors (Lipinski definition) is 0.